The lowest BCUT2D eigenvalue weighted by Gasteiger charge is -2.13. The maximum Gasteiger partial charge on any atom is 0.433 e. The summed E-state index contributed by atoms with van der Waals surface area (Å²) in [5.41, 5.74) is 1.48. The Labute approximate surface area is 201 Å². The van der Waals surface area contributed by atoms with Gasteiger partial charge in [0.1, 0.15) is 11.4 Å². The molecule has 0 spiro atoms. The van der Waals surface area contributed by atoms with Crippen molar-refractivity contribution in [1.29, 1.82) is 0 Å². The van der Waals surface area contributed by atoms with Crippen LogP contribution in [0.1, 0.15) is 33.0 Å². The summed E-state index contributed by atoms with van der Waals surface area (Å²) in [4.78, 5) is 16.9. The molecule has 6 nitrogen and oxygen atoms in total. The molecule has 1 N–H and O–H groups in total. The topological polar surface area (TPSA) is 69.0 Å². The lowest BCUT2D eigenvalue weighted by molar-refractivity contribution is -0.140. The highest BCUT2D eigenvalue weighted by atomic mass is 79.9. The number of fused-ring (bicyclic) bond motifs is 1. The predicted octanol–water partition coefficient (Wildman–Crippen LogP) is 6.14. The number of pyridine rings is 1. The summed E-state index contributed by atoms with van der Waals surface area (Å²) in [5.74, 6) is 0.0608. The Morgan fingerprint density at radius 2 is 1.82 bits per heavy atom. The number of methoxy groups -OCH3 is 1. The summed E-state index contributed by atoms with van der Waals surface area (Å²) in [7, 11) is 1.59. The van der Waals surface area contributed by atoms with E-state index in [2.05, 4.69) is 31.3 Å². The molecule has 2 aromatic heterocycles. The zero-order valence-corrected chi connectivity index (χ0v) is 20.1. The molecule has 4 rings (SSSR count). The summed E-state index contributed by atoms with van der Waals surface area (Å²) in [6.07, 6.45) is -4.69. The number of anilines is 1. The van der Waals surface area contributed by atoms with Crippen LogP contribution >= 0.6 is 15.9 Å². The first-order valence-corrected chi connectivity index (χ1v) is 11.0. The number of benzene rings is 2. The number of amides is 1. The maximum absolute atomic E-state index is 13.4. The van der Waals surface area contributed by atoms with E-state index < -0.39 is 17.8 Å². The van der Waals surface area contributed by atoms with E-state index in [-0.39, 0.29) is 11.1 Å². The van der Waals surface area contributed by atoms with E-state index in [0.29, 0.717) is 33.5 Å². The van der Waals surface area contributed by atoms with Crippen LogP contribution in [-0.4, -0.2) is 27.8 Å². The first kappa shape index (κ1) is 23.7. The van der Waals surface area contributed by atoms with Crippen LogP contribution in [0.2, 0.25) is 0 Å². The molecular weight excluding hydrogens is 513 g/mol. The maximum atomic E-state index is 13.4. The zero-order chi connectivity index (χ0) is 24.6. The highest BCUT2D eigenvalue weighted by molar-refractivity contribution is 9.10. The number of alkyl halides is 3. The Morgan fingerprint density at radius 1 is 1.12 bits per heavy atom. The summed E-state index contributed by atoms with van der Waals surface area (Å²) in [6.45, 7) is 3.98. The number of nitrogens with zero attached hydrogens (tertiary/aromatic N) is 3. The highest BCUT2D eigenvalue weighted by Gasteiger charge is 2.34. The van der Waals surface area contributed by atoms with Crippen molar-refractivity contribution in [3.05, 3.63) is 81.2 Å². The molecule has 0 atom stereocenters. The number of rotatable bonds is 5. The van der Waals surface area contributed by atoms with E-state index in [1.54, 1.807) is 37.8 Å². The molecule has 4 aromatic rings. The molecule has 0 aliphatic heterocycles. The highest BCUT2D eigenvalue weighted by Crippen LogP contribution is 2.32. The van der Waals surface area contributed by atoms with Crippen molar-refractivity contribution >= 4 is 38.4 Å². The average molecular weight is 533 g/mol. The van der Waals surface area contributed by atoms with E-state index in [1.807, 2.05) is 24.3 Å². The number of aromatic nitrogens is 3. The normalized spacial score (nSPS) is 11.6. The molecule has 0 fully saturated rings. The van der Waals surface area contributed by atoms with Crippen molar-refractivity contribution in [1.82, 2.24) is 14.8 Å². The molecule has 1 amide bonds. The van der Waals surface area contributed by atoms with Crippen molar-refractivity contribution in [2.24, 2.45) is 0 Å². The number of halogens is 4. The van der Waals surface area contributed by atoms with Crippen LogP contribution in [0.15, 0.2) is 53.0 Å². The molecule has 0 radical (unpaired) electrons. The van der Waals surface area contributed by atoms with E-state index >= 15 is 0 Å². The first-order valence-electron chi connectivity index (χ1n) is 10.2. The molecule has 10 heteroatoms. The van der Waals surface area contributed by atoms with Gasteiger partial charge in [-0.2, -0.15) is 18.3 Å². The van der Waals surface area contributed by atoms with Crippen molar-refractivity contribution in [2.75, 3.05) is 12.4 Å². The van der Waals surface area contributed by atoms with Gasteiger partial charge in [0.05, 0.1) is 41.8 Å². The molecule has 0 aliphatic rings. The zero-order valence-electron chi connectivity index (χ0n) is 18.5. The van der Waals surface area contributed by atoms with E-state index in [9.17, 15) is 18.0 Å². The third-order valence-corrected chi connectivity index (χ3v) is 5.91. The van der Waals surface area contributed by atoms with Crippen LogP contribution in [0.3, 0.4) is 0 Å². The average Bonchev–Trinajstić information content (AvgIpc) is 3.05. The SMILES string of the molecule is COc1ccc(Cn2nc(C)c(NC(=O)c3cc(C(F)(F)F)nc4ccc(Br)cc34)c2C)cc1. The predicted molar refractivity (Wildman–Crippen MR) is 126 cm³/mol. The Morgan fingerprint density at radius 3 is 2.47 bits per heavy atom. The van der Waals surface area contributed by atoms with Gasteiger partial charge in [0, 0.05) is 9.86 Å². The van der Waals surface area contributed by atoms with Gasteiger partial charge in [-0.15, -0.1) is 0 Å². The molecule has 0 saturated heterocycles. The Balaban J connectivity index is 1.68. The molecule has 0 unspecified atom stereocenters. The van der Waals surface area contributed by atoms with Gasteiger partial charge >= 0.3 is 6.18 Å². The molecule has 0 saturated carbocycles. The summed E-state index contributed by atoms with van der Waals surface area (Å²) < 4.78 is 47.8. The molecule has 0 aliphatic carbocycles. The number of carbonyl (C=O) groups is 1. The minimum atomic E-state index is -4.69. The van der Waals surface area contributed by atoms with Gasteiger partial charge in [-0.1, -0.05) is 28.1 Å². The molecule has 2 aromatic carbocycles. The number of ether oxygens (including phenoxy) is 1. The van der Waals surface area contributed by atoms with Crippen LogP contribution in [0.5, 0.6) is 5.75 Å². The number of nitrogens with one attached hydrogen (secondary N) is 1. The standard InChI is InChI=1S/C24H20BrF3N4O2/c1-13-22(14(2)32(31-13)12-15-4-7-17(34-3)8-5-15)30-23(33)19-11-21(24(26,27)28)29-20-9-6-16(25)10-18(19)20/h4-11H,12H2,1-3H3,(H,30,33). The van der Waals surface area contributed by atoms with Crippen molar-refractivity contribution in [3.8, 4) is 5.75 Å². The van der Waals surface area contributed by atoms with Crippen molar-refractivity contribution in [2.45, 2.75) is 26.6 Å². The van der Waals surface area contributed by atoms with E-state index in [4.69, 9.17) is 4.74 Å². The fraction of sp³-hybridized carbons (Fsp3) is 0.208. The molecular formula is C24H20BrF3N4O2. The number of hydrogen-bond donors (Lipinski definition) is 1. The molecule has 2 heterocycles. The number of carbonyl (C=O) groups excluding carboxylic acids is 1. The monoisotopic (exact) mass is 532 g/mol. The van der Waals surface area contributed by atoms with Crippen LogP contribution < -0.4 is 10.1 Å². The van der Waals surface area contributed by atoms with Gasteiger partial charge < -0.3 is 10.1 Å². The fourth-order valence-corrected chi connectivity index (χ4v) is 4.01. The van der Waals surface area contributed by atoms with Gasteiger partial charge in [-0.05, 0) is 55.8 Å². The summed E-state index contributed by atoms with van der Waals surface area (Å²) >= 11 is 3.30. The van der Waals surface area contributed by atoms with Crippen molar-refractivity contribution < 1.29 is 22.7 Å². The second-order valence-electron chi connectivity index (χ2n) is 7.72. The van der Waals surface area contributed by atoms with Gasteiger partial charge in [-0.25, -0.2) is 4.98 Å². The van der Waals surface area contributed by atoms with Crippen molar-refractivity contribution in [3.63, 3.8) is 0 Å². The van der Waals surface area contributed by atoms with Crippen LogP contribution in [-0.2, 0) is 12.7 Å². The Kier molecular flexibility index (Phi) is 6.35. The quantitative estimate of drug-likeness (QED) is 0.335. The second kappa shape index (κ2) is 9.09. The van der Waals surface area contributed by atoms with Gasteiger partial charge in [0.25, 0.3) is 5.91 Å². The Hall–Kier alpha value is -3.40. The number of hydrogen-bond acceptors (Lipinski definition) is 4. The van der Waals surface area contributed by atoms with Gasteiger partial charge in [0.15, 0.2) is 0 Å². The third-order valence-electron chi connectivity index (χ3n) is 5.42. The minimum Gasteiger partial charge on any atom is -0.497 e. The molecule has 0 bridgehead atoms. The molecule has 34 heavy (non-hydrogen) atoms. The first-order chi connectivity index (χ1) is 16.1. The van der Waals surface area contributed by atoms with Crippen LogP contribution in [0.25, 0.3) is 10.9 Å². The van der Waals surface area contributed by atoms with E-state index in [1.165, 1.54) is 6.07 Å². The summed E-state index contributed by atoms with van der Waals surface area (Å²) in [5, 5.41) is 7.56. The second-order valence-corrected chi connectivity index (χ2v) is 8.64. The van der Waals surface area contributed by atoms with Crippen LogP contribution in [0.4, 0.5) is 18.9 Å². The minimum absolute atomic E-state index is 0.0758. The lowest BCUT2D eigenvalue weighted by atomic mass is 10.1. The number of aryl methyl sites for hydroxylation is 1. The van der Waals surface area contributed by atoms with E-state index in [0.717, 1.165) is 17.4 Å². The Bertz CT molecular complexity index is 1380. The largest absolute Gasteiger partial charge is 0.497 e. The third kappa shape index (κ3) is 4.77. The lowest BCUT2D eigenvalue weighted by Crippen LogP contribution is -2.17. The molecule has 176 valence electrons. The fourth-order valence-electron chi connectivity index (χ4n) is 3.65. The van der Waals surface area contributed by atoms with Crippen LogP contribution in [0, 0.1) is 13.8 Å². The summed E-state index contributed by atoms with van der Waals surface area (Å²) in [6, 6.07) is 12.9. The smallest absolute Gasteiger partial charge is 0.433 e. The van der Waals surface area contributed by atoms with Gasteiger partial charge in [-0.3, -0.25) is 9.48 Å². The van der Waals surface area contributed by atoms with Gasteiger partial charge in [0.2, 0.25) is 0 Å².